The van der Waals surface area contributed by atoms with Gasteiger partial charge in [-0.1, -0.05) is 35.9 Å². The van der Waals surface area contributed by atoms with Crippen LogP contribution >= 0.6 is 11.6 Å². The molecule has 4 aromatic rings. The van der Waals surface area contributed by atoms with E-state index < -0.39 is 0 Å². The van der Waals surface area contributed by atoms with E-state index in [1.54, 1.807) is 13.2 Å². The summed E-state index contributed by atoms with van der Waals surface area (Å²) in [7, 11) is 1.57. The number of imidazole rings is 1. The van der Waals surface area contributed by atoms with Gasteiger partial charge in [0.15, 0.2) is 5.69 Å². The van der Waals surface area contributed by atoms with E-state index in [4.69, 9.17) is 27.9 Å². The molecule has 0 spiro atoms. The second-order valence-corrected chi connectivity index (χ2v) is 10.2. The van der Waals surface area contributed by atoms with Crippen molar-refractivity contribution in [3.8, 4) is 17.0 Å². The highest BCUT2D eigenvalue weighted by Crippen LogP contribution is 2.34. The van der Waals surface area contributed by atoms with Crippen molar-refractivity contribution in [1.29, 1.82) is 0 Å². The number of ether oxygens (including phenoxy) is 1. The number of nitrogens with zero attached hydrogens (tertiary/aromatic N) is 3. The van der Waals surface area contributed by atoms with Gasteiger partial charge < -0.3 is 19.6 Å². The molecule has 0 aliphatic heterocycles. The average Bonchev–Trinajstić information content (AvgIpc) is 3.36. The van der Waals surface area contributed by atoms with Crippen LogP contribution in [0.1, 0.15) is 42.4 Å². The summed E-state index contributed by atoms with van der Waals surface area (Å²) in [5, 5.41) is 14.1. The second kappa shape index (κ2) is 11.4. The fourth-order valence-corrected chi connectivity index (χ4v) is 5.50. The molecule has 0 unspecified atom stereocenters. The number of nitrogens with one attached hydrogen (secondary N) is 1. The molecule has 0 atom stereocenters. The Balaban J connectivity index is 1.20. The largest absolute Gasteiger partial charge is 0.495 e. The Labute approximate surface area is 222 Å². The first-order chi connectivity index (χ1) is 18.1. The van der Waals surface area contributed by atoms with Crippen LogP contribution in [0.4, 0.5) is 5.69 Å². The van der Waals surface area contributed by atoms with Crippen LogP contribution in [0.2, 0.25) is 5.02 Å². The molecular formula is C30H31ClN4O2. The number of fused-ring (bicyclic) bond motifs is 1. The van der Waals surface area contributed by atoms with Gasteiger partial charge in [-0.25, -0.2) is 9.83 Å². The Bertz CT molecular complexity index is 1420. The minimum atomic E-state index is -0.117. The van der Waals surface area contributed by atoms with Gasteiger partial charge in [0.2, 0.25) is 0 Å². The van der Waals surface area contributed by atoms with Crippen molar-refractivity contribution in [1.82, 2.24) is 14.7 Å². The molecule has 7 heteroatoms. The molecule has 0 saturated heterocycles. The topological polar surface area (TPSA) is 63.2 Å². The summed E-state index contributed by atoms with van der Waals surface area (Å²) in [4.78, 5) is 8.30. The molecule has 0 radical (unpaired) electrons. The van der Waals surface area contributed by atoms with E-state index in [9.17, 15) is 5.11 Å². The molecule has 6 nitrogen and oxygen atoms in total. The smallest absolute Gasteiger partial charge is 0.187 e. The lowest BCUT2D eigenvalue weighted by molar-refractivity contribution is 0.281. The van der Waals surface area contributed by atoms with Crippen LogP contribution in [-0.4, -0.2) is 27.6 Å². The van der Waals surface area contributed by atoms with Gasteiger partial charge in [0, 0.05) is 30.5 Å². The standard InChI is InChI=1S/C30H31ClN4O2/c1-32-24-7-5-21(6-8-24)17-33-25-9-3-20(4-10-25)13-22-11-12-35-18-28(34-30(35)14-22)26-16-27(31)29(37-2)15-23(26)19-36/h5-8,11-12,14-16,18,20,25,33,36H,3-4,9-10,13,17,19H2,2H3. The van der Waals surface area contributed by atoms with Crippen LogP contribution in [0.15, 0.2) is 60.9 Å². The molecule has 0 amide bonds. The summed E-state index contributed by atoms with van der Waals surface area (Å²) in [6.45, 7) is 7.81. The van der Waals surface area contributed by atoms with E-state index in [0.29, 0.717) is 28.4 Å². The Kier molecular flexibility index (Phi) is 7.76. The number of aliphatic hydroxyl groups excluding tert-OH is 1. The molecule has 2 N–H and O–H groups in total. The van der Waals surface area contributed by atoms with Crippen LogP contribution in [0.5, 0.6) is 5.75 Å². The number of aliphatic hydroxyl groups is 1. The third kappa shape index (κ3) is 5.80. The molecule has 5 rings (SSSR count). The zero-order chi connectivity index (χ0) is 25.8. The molecule has 2 heterocycles. The first-order valence-electron chi connectivity index (χ1n) is 12.7. The number of rotatable bonds is 8. The fraction of sp³-hybridized carbons (Fsp3) is 0.333. The van der Waals surface area contributed by atoms with Crippen LogP contribution in [0, 0.1) is 12.5 Å². The third-order valence-corrected chi connectivity index (χ3v) is 7.68. The van der Waals surface area contributed by atoms with Crippen molar-refractivity contribution < 1.29 is 9.84 Å². The summed E-state index contributed by atoms with van der Waals surface area (Å²) in [5.41, 5.74) is 6.43. The molecule has 190 valence electrons. The highest BCUT2D eigenvalue weighted by Gasteiger charge is 2.21. The van der Waals surface area contributed by atoms with Crippen molar-refractivity contribution in [3.63, 3.8) is 0 Å². The van der Waals surface area contributed by atoms with Gasteiger partial charge in [-0.2, -0.15) is 0 Å². The maximum atomic E-state index is 9.87. The number of hydrogen-bond donors (Lipinski definition) is 2. The first-order valence-corrected chi connectivity index (χ1v) is 13.1. The lowest BCUT2D eigenvalue weighted by atomic mass is 9.82. The Morgan fingerprint density at radius 1 is 1.11 bits per heavy atom. The quantitative estimate of drug-likeness (QED) is 0.260. The van der Waals surface area contributed by atoms with Gasteiger partial charge in [-0.15, -0.1) is 0 Å². The van der Waals surface area contributed by atoms with Crippen LogP contribution in [0.25, 0.3) is 21.7 Å². The number of aromatic nitrogens is 2. The van der Waals surface area contributed by atoms with Gasteiger partial charge in [0.1, 0.15) is 11.4 Å². The van der Waals surface area contributed by atoms with Crippen LogP contribution in [0.3, 0.4) is 0 Å². The molecule has 0 bridgehead atoms. The van der Waals surface area contributed by atoms with E-state index in [1.165, 1.54) is 36.8 Å². The Morgan fingerprint density at radius 2 is 1.89 bits per heavy atom. The van der Waals surface area contributed by atoms with Gasteiger partial charge in [0.05, 0.1) is 31.0 Å². The Hall–Kier alpha value is -3.37. The fourth-order valence-electron chi connectivity index (χ4n) is 5.26. The molecule has 1 saturated carbocycles. The van der Waals surface area contributed by atoms with E-state index in [1.807, 2.05) is 40.9 Å². The minimum Gasteiger partial charge on any atom is -0.495 e. The van der Waals surface area contributed by atoms with Gasteiger partial charge in [-0.3, -0.25) is 0 Å². The monoisotopic (exact) mass is 514 g/mol. The first kappa shape index (κ1) is 25.3. The highest BCUT2D eigenvalue weighted by molar-refractivity contribution is 6.32. The predicted molar refractivity (Wildman–Crippen MR) is 147 cm³/mol. The number of pyridine rings is 1. The molecule has 2 aromatic carbocycles. The average molecular weight is 515 g/mol. The zero-order valence-corrected chi connectivity index (χ0v) is 21.7. The SMILES string of the molecule is [C-]#[N+]c1ccc(CNC2CCC(Cc3ccn4cc(-c5cc(Cl)c(OC)cc5CO)nc4c3)CC2)cc1. The van der Waals surface area contributed by atoms with Crippen molar-refractivity contribution in [2.75, 3.05) is 7.11 Å². The molecular weight excluding hydrogens is 484 g/mol. The van der Waals surface area contributed by atoms with Gasteiger partial charge >= 0.3 is 0 Å². The summed E-state index contributed by atoms with van der Waals surface area (Å²) in [6.07, 6.45) is 9.89. The Morgan fingerprint density at radius 3 is 2.59 bits per heavy atom. The van der Waals surface area contributed by atoms with Crippen molar-refractivity contribution in [3.05, 3.63) is 94.1 Å². The van der Waals surface area contributed by atoms with Gasteiger partial charge in [0.25, 0.3) is 0 Å². The summed E-state index contributed by atoms with van der Waals surface area (Å²) in [5.74, 6) is 1.22. The molecule has 2 aromatic heterocycles. The second-order valence-electron chi connectivity index (χ2n) is 9.81. The highest BCUT2D eigenvalue weighted by atomic mass is 35.5. The van der Waals surface area contributed by atoms with Crippen LogP contribution < -0.4 is 10.1 Å². The summed E-state index contributed by atoms with van der Waals surface area (Å²) < 4.78 is 7.31. The predicted octanol–water partition coefficient (Wildman–Crippen LogP) is 6.60. The van der Waals surface area contributed by atoms with Gasteiger partial charge in [-0.05, 0) is 79.0 Å². The number of methoxy groups -OCH3 is 1. The summed E-state index contributed by atoms with van der Waals surface area (Å²) in [6, 6.07) is 16.3. The number of halogens is 1. The van der Waals surface area contributed by atoms with Crippen molar-refractivity contribution in [2.45, 2.75) is 51.3 Å². The lowest BCUT2D eigenvalue weighted by Gasteiger charge is -2.29. The lowest BCUT2D eigenvalue weighted by Crippen LogP contribution is -2.33. The van der Waals surface area contributed by atoms with E-state index >= 15 is 0 Å². The van der Waals surface area contributed by atoms with Crippen molar-refractivity contribution >= 4 is 22.9 Å². The van der Waals surface area contributed by atoms with E-state index in [2.05, 4.69) is 28.5 Å². The normalized spacial score (nSPS) is 17.6. The van der Waals surface area contributed by atoms with E-state index in [-0.39, 0.29) is 6.61 Å². The molecule has 37 heavy (non-hydrogen) atoms. The maximum Gasteiger partial charge on any atom is 0.187 e. The summed E-state index contributed by atoms with van der Waals surface area (Å²) >= 11 is 6.36. The molecule has 1 fully saturated rings. The maximum absolute atomic E-state index is 9.87. The molecule has 1 aliphatic carbocycles. The zero-order valence-electron chi connectivity index (χ0n) is 21.0. The van der Waals surface area contributed by atoms with Crippen molar-refractivity contribution in [2.24, 2.45) is 5.92 Å². The van der Waals surface area contributed by atoms with Crippen LogP contribution in [-0.2, 0) is 19.6 Å². The number of hydrogen-bond acceptors (Lipinski definition) is 4. The number of benzene rings is 2. The third-order valence-electron chi connectivity index (χ3n) is 7.38. The molecule has 1 aliphatic rings. The minimum absolute atomic E-state index is 0.117. The van der Waals surface area contributed by atoms with E-state index in [0.717, 1.165) is 35.4 Å².